The van der Waals surface area contributed by atoms with Crippen molar-refractivity contribution in [1.82, 2.24) is 10.3 Å². The number of carbonyl (C=O) groups excluding carboxylic acids is 2. The van der Waals surface area contributed by atoms with Crippen LogP contribution in [-0.4, -0.2) is 43.0 Å². The highest BCUT2D eigenvalue weighted by molar-refractivity contribution is 6.11. The van der Waals surface area contributed by atoms with Gasteiger partial charge < -0.3 is 20.9 Å². The molecule has 0 bridgehead atoms. The van der Waals surface area contributed by atoms with E-state index in [1.807, 2.05) is 6.07 Å². The van der Waals surface area contributed by atoms with E-state index in [0.29, 0.717) is 10.9 Å². The average Bonchev–Trinajstić information content (AvgIpc) is 2.90. The number of carbonyl (C=O) groups is 2. The first-order valence-electron chi connectivity index (χ1n) is 11.6. The number of urea groups is 1. The Morgan fingerprint density at radius 2 is 1.68 bits per heavy atom. The van der Waals surface area contributed by atoms with Gasteiger partial charge in [-0.1, -0.05) is 6.07 Å². The number of fused-ring (bicyclic) bond motifs is 1. The molecule has 1 saturated heterocycles. The maximum absolute atomic E-state index is 14.7. The fourth-order valence-corrected chi connectivity index (χ4v) is 4.20. The summed E-state index contributed by atoms with van der Waals surface area (Å²) in [7, 11) is 0. The monoisotopic (exact) mass is 505 g/mol. The van der Waals surface area contributed by atoms with E-state index in [9.17, 15) is 22.8 Å². The van der Waals surface area contributed by atoms with Crippen LogP contribution in [0.3, 0.4) is 0 Å². The third kappa shape index (κ3) is 5.39. The Morgan fingerprint density at radius 3 is 2.46 bits per heavy atom. The largest absolute Gasteiger partial charge is 0.368 e. The van der Waals surface area contributed by atoms with E-state index in [0.717, 1.165) is 50.1 Å². The van der Waals surface area contributed by atoms with Gasteiger partial charge in [0.1, 0.15) is 5.82 Å². The van der Waals surface area contributed by atoms with Crippen LogP contribution in [0.1, 0.15) is 15.9 Å². The Balaban J connectivity index is 1.40. The molecular weight excluding hydrogens is 483 g/mol. The Kier molecular flexibility index (Phi) is 6.74. The van der Waals surface area contributed by atoms with Crippen LogP contribution >= 0.6 is 0 Å². The van der Waals surface area contributed by atoms with Gasteiger partial charge in [0.25, 0.3) is 0 Å². The fraction of sp³-hybridized carbons (Fsp3) is 0.148. The molecule has 7 nitrogen and oxygen atoms in total. The van der Waals surface area contributed by atoms with Gasteiger partial charge in [-0.2, -0.15) is 0 Å². The molecule has 3 aromatic carbocycles. The zero-order chi connectivity index (χ0) is 25.9. The average molecular weight is 506 g/mol. The summed E-state index contributed by atoms with van der Waals surface area (Å²) < 4.78 is 42.4. The lowest BCUT2D eigenvalue weighted by Gasteiger charge is -2.29. The number of halogens is 3. The van der Waals surface area contributed by atoms with Crippen molar-refractivity contribution in [3.05, 3.63) is 95.4 Å². The molecule has 5 rings (SSSR count). The van der Waals surface area contributed by atoms with Gasteiger partial charge in [0.2, 0.25) is 0 Å². The zero-order valence-corrected chi connectivity index (χ0v) is 19.5. The number of ketones is 1. The van der Waals surface area contributed by atoms with Crippen LogP contribution in [0.5, 0.6) is 0 Å². The van der Waals surface area contributed by atoms with Crippen molar-refractivity contribution in [3.63, 3.8) is 0 Å². The summed E-state index contributed by atoms with van der Waals surface area (Å²) in [5.74, 6) is -3.92. The maximum Gasteiger partial charge on any atom is 0.323 e. The number of piperazine rings is 1. The summed E-state index contributed by atoms with van der Waals surface area (Å²) in [6, 6.07) is 12.8. The molecule has 3 N–H and O–H groups in total. The van der Waals surface area contributed by atoms with E-state index in [1.54, 1.807) is 18.3 Å². The minimum atomic E-state index is -1.33. The molecule has 37 heavy (non-hydrogen) atoms. The minimum absolute atomic E-state index is 0.139. The molecule has 10 heteroatoms. The maximum atomic E-state index is 14.7. The van der Waals surface area contributed by atoms with Crippen LogP contribution in [0.25, 0.3) is 10.9 Å². The van der Waals surface area contributed by atoms with Crippen molar-refractivity contribution in [3.8, 4) is 0 Å². The van der Waals surface area contributed by atoms with Gasteiger partial charge in [-0.15, -0.1) is 0 Å². The molecule has 0 unspecified atom stereocenters. The normalized spacial score (nSPS) is 13.4. The molecule has 1 fully saturated rings. The Labute approximate surface area is 210 Å². The molecule has 2 amide bonds. The predicted octanol–water partition coefficient (Wildman–Crippen LogP) is 4.94. The molecule has 0 saturated carbocycles. The number of hydrogen-bond acceptors (Lipinski definition) is 5. The second-order valence-corrected chi connectivity index (χ2v) is 8.58. The standard InChI is InChI=1S/C27H22F3N5O2/c28-18-2-1-3-19(12-18)33-27(37)34-20-13-22(25(30)23(29)14-20)26(36)16-4-5-24-17(10-16)11-21(15-32-24)35-8-6-31-7-9-35/h1-5,10-15,31H,6-9H2,(H2,33,34,37). The van der Waals surface area contributed by atoms with Gasteiger partial charge in [-0.25, -0.2) is 18.0 Å². The zero-order valence-electron chi connectivity index (χ0n) is 19.5. The van der Waals surface area contributed by atoms with Gasteiger partial charge in [0.15, 0.2) is 17.4 Å². The number of aromatic nitrogens is 1. The minimum Gasteiger partial charge on any atom is -0.368 e. The van der Waals surface area contributed by atoms with Gasteiger partial charge in [-0.05, 0) is 48.5 Å². The molecule has 1 aromatic heterocycles. The first-order chi connectivity index (χ1) is 17.9. The van der Waals surface area contributed by atoms with Crippen molar-refractivity contribution in [2.45, 2.75) is 0 Å². The van der Waals surface area contributed by atoms with E-state index in [-0.39, 0.29) is 16.9 Å². The second kappa shape index (κ2) is 10.3. The SMILES string of the molecule is O=C(Nc1cccc(F)c1)Nc1cc(F)c(F)c(C(=O)c2ccc3ncc(N4CCNCC4)cc3c2)c1. The number of pyridine rings is 1. The van der Waals surface area contributed by atoms with E-state index in [4.69, 9.17) is 0 Å². The molecule has 0 atom stereocenters. The summed E-state index contributed by atoms with van der Waals surface area (Å²) in [6.45, 7) is 3.35. The van der Waals surface area contributed by atoms with Crippen LogP contribution in [0, 0.1) is 17.5 Å². The molecule has 0 radical (unpaired) electrons. The van der Waals surface area contributed by atoms with Crippen molar-refractivity contribution >= 4 is 39.8 Å². The Hall–Kier alpha value is -4.44. The van der Waals surface area contributed by atoms with Crippen molar-refractivity contribution in [2.75, 3.05) is 41.7 Å². The van der Waals surface area contributed by atoms with Gasteiger partial charge in [0.05, 0.1) is 23.0 Å². The number of benzene rings is 3. The van der Waals surface area contributed by atoms with Crippen molar-refractivity contribution in [1.29, 1.82) is 0 Å². The van der Waals surface area contributed by atoms with Gasteiger partial charge >= 0.3 is 6.03 Å². The quantitative estimate of drug-likeness (QED) is 0.335. The summed E-state index contributed by atoms with van der Waals surface area (Å²) in [5, 5.41) is 8.71. The summed E-state index contributed by atoms with van der Waals surface area (Å²) >= 11 is 0. The molecule has 0 spiro atoms. The van der Waals surface area contributed by atoms with Crippen molar-refractivity contribution in [2.24, 2.45) is 0 Å². The van der Waals surface area contributed by atoms with Crippen molar-refractivity contribution < 1.29 is 22.8 Å². The predicted molar refractivity (Wildman–Crippen MR) is 136 cm³/mol. The molecule has 4 aromatic rings. The molecule has 0 aliphatic carbocycles. The topological polar surface area (TPSA) is 86.4 Å². The molecule has 1 aliphatic heterocycles. The van der Waals surface area contributed by atoms with Crippen LogP contribution in [0.2, 0.25) is 0 Å². The molecule has 188 valence electrons. The van der Waals surface area contributed by atoms with Crippen LogP contribution in [0.15, 0.2) is 66.9 Å². The van der Waals surface area contributed by atoms with Gasteiger partial charge in [0, 0.05) is 54.6 Å². The lowest BCUT2D eigenvalue weighted by molar-refractivity contribution is 0.103. The Morgan fingerprint density at radius 1 is 0.892 bits per heavy atom. The highest BCUT2D eigenvalue weighted by Gasteiger charge is 2.20. The highest BCUT2D eigenvalue weighted by Crippen LogP contribution is 2.26. The first kappa shape index (κ1) is 24.3. The smallest absolute Gasteiger partial charge is 0.323 e. The van der Waals surface area contributed by atoms with Crippen LogP contribution in [0.4, 0.5) is 35.0 Å². The number of nitrogens with one attached hydrogen (secondary N) is 3. The number of amides is 2. The highest BCUT2D eigenvalue weighted by atomic mass is 19.2. The number of anilines is 3. The lowest BCUT2D eigenvalue weighted by atomic mass is 10.00. The third-order valence-electron chi connectivity index (χ3n) is 6.02. The van der Waals surface area contributed by atoms with E-state index in [1.165, 1.54) is 24.3 Å². The lowest BCUT2D eigenvalue weighted by Crippen LogP contribution is -2.43. The molecular formula is C27H22F3N5O2. The number of nitrogens with zero attached hydrogens (tertiary/aromatic N) is 2. The van der Waals surface area contributed by atoms with E-state index >= 15 is 0 Å². The molecule has 2 heterocycles. The first-order valence-corrected chi connectivity index (χ1v) is 11.6. The summed E-state index contributed by atoms with van der Waals surface area (Å²) in [4.78, 5) is 32.1. The van der Waals surface area contributed by atoms with Crippen LogP contribution in [-0.2, 0) is 0 Å². The second-order valence-electron chi connectivity index (χ2n) is 8.58. The fourth-order valence-electron chi connectivity index (χ4n) is 4.20. The molecule has 1 aliphatic rings. The van der Waals surface area contributed by atoms with Crippen LogP contribution < -0.4 is 20.9 Å². The van der Waals surface area contributed by atoms with Gasteiger partial charge in [-0.3, -0.25) is 9.78 Å². The number of rotatable bonds is 5. The third-order valence-corrected chi connectivity index (χ3v) is 6.02. The summed E-state index contributed by atoms with van der Waals surface area (Å²) in [6.07, 6.45) is 1.77. The summed E-state index contributed by atoms with van der Waals surface area (Å²) in [5.41, 5.74) is 1.21. The van der Waals surface area contributed by atoms with E-state index < -0.39 is 34.8 Å². The number of hydrogen-bond donors (Lipinski definition) is 3. The van der Waals surface area contributed by atoms with E-state index in [2.05, 4.69) is 25.8 Å². The Bertz CT molecular complexity index is 1510.